The maximum atomic E-state index is 11.0. The van der Waals surface area contributed by atoms with Crippen LogP contribution in [0.25, 0.3) is 0 Å². The summed E-state index contributed by atoms with van der Waals surface area (Å²) in [5, 5.41) is 3.02. The van der Waals surface area contributed by atoms with E-state index in [1.165, 1.54) is 13.0 Å². The monoisotopic (exact) mass is 183 g/mol. The average Bonchev–Trinajstić information content (AvgIpc) is 2.60. The molecule has 0 saturated carbocycles. The van der Waals surface area contributed by atoms with E-state index in [1.807, 2.05) is 0 Å². The number of fused-ring (bicyclic) bond motifs is 1. The summed E-state index contributed by atoms with van der Waals surface area (Å²) in [6.45, 7) is 3.90. The van der Waals surface area contributed by atoms with E-state index in [1.54, 1.807) is 11.8 Å². The van der Waals surface area contributed by atoms with Gasteiger partial charge in [-0.2, -0.15) is 0 Å². The summed E-state index contributed by atoms with van der Waals surface area (Å²) in [6.07, 6.45) is 1.88. The second-order valence-electron chi connectivity index (χ2n) is 4.37. The van der Waals surface area contributed by atoms with E-state index in [0.29, 0.717) is 18.2 Å². The highest BCUT2D eigenvalue weighted by Crippen LogP contribution is 2.28. The van der Waals surface area contributed by atoms with Crippen molar-refractivity contribution in [1.82, 2.24) is 5.32 Å². The minimum atomic E-state index is 0.0763. The SMILES string of the molecule is CC(=O)NC1C2C[NH+]3CCC(O2)C13. The number of nitrogens with one attached hydrogen (secondary N) is 2. The highest BCUT2D eigenvalue weighted by Gasteiger charge is 2.61. The predicted octanol–water partition coefficient (Wildman–Crippen LogP) is -2.07. The number of carbonyl (C=O) groups excluding carboxylic acids is 1. The van der Waals surface area contributed by atoms with Gasteiger partial charge in [-0.15, -0.1) is 0 Å². The van der Waals surface area contributed by atoms with E-state index >= 15 is 0 Å². The van der Waals surface area contributed by atoms with Crippen molar-refractivity contribution in [3.05, 3.63) is 0 Å². The molecule has 3 rings (SSSR count). The Balaban J connectivity index is 1.81. The number of quaternary nitrogens is 1. The third kappa shape index (κ3) is 0.957. The zero-order valence-corrected chi connectivity index (χ0v) is 7.75. The van der Waals surface area contributed by atoms with Crippen LogP contribution in [0.3, 0.4) is 0 Å². The molecule has 0 aliphatic carbocycles. The Bertz CT molecular complexity index is 242. The Labute approximate surface area is 77.2 Å². The fraction of sp³-hybridized carbons (Fsp3) is 0.889. The first kappa shape index (κ1) is 7.76. The molecule has 0 spiro atoms. The number of hydrogen-bond acceptors (Lipinski definition) is 2. The summed E-state index contributed by atoms with van der Waals surface area (Å²) in [6, 6.07) is 0.842. The van der Waals surface area contributed by atoms with Gasteiger partial charge in [-0.1, -0.05) is 0 Å². The van der Waals surface area contributed by atoms with Gasteiger partial charge in [0.1, 0.15) is 30.8 Å². The van der Waals surface area contributed by atoms with Crippen molar-refractivity contribution in [2.45, 2.75) is 37.6 Å². The van der Waals surface area contributed by atoms with Crippen LogP contribution in [-0.2, 0) is 9.53 Å². The smallest absolute Gasteiger partial charge is 0.217 e. The Kier molecular flexibility index (Phi) is 1.46. The molecule has 2 bridgehead atoms. The Morgan fingerprint density at radius 1 is 1.54 bits per heavy atom. The van der Waals surface area contributed by atoms with E-state index < -0.39 is 0 Å². The minimum absolute atomic E-state index is 0.0763. The zero-order valence-electron chi connectivity index (χ0n) is 7.75. The number of hydrogen-bond donors (Lipinski definition) is 2. The summed E-state index contributed by atoms with van der Waals surface area (Å²) in [7, 11) is 0. The molecule has 3 heterocycles. The van der Waals surface area contributed by atoms with Crippen LogP contribution in [0.2, 0.25) is 0 Å². The fourth-order valence-electron chi connectivity index (χ4n) is 3.20. The molecule has 72 valence electrons. The summed E-state index contributed by atoms with van der Waals surface area (Å²) in [4.78, 5) is 12.6. The van der Waals surface area contributed by atoms with Crippen LogP contribution in [-0.4, -0.2) is 43.3 Å². The summed E-state index contributed by atoms with van der Waals surface area (Å²) in [5.74, 6) is 0.0763. The number of ether oxygens (including phenoxy) is 1. The van der Waals surface area contributed by atoms with Crippen LogP contribution in [0.4, 0.5) is 0 Å². The van der Waals surface area contributed by atoms with Crippen molar-refractivity contribution in [3.63, 3.8) is 0 Å². The molecular weight excluding hydrogens is 168 g/mol. The van der Waals surface area contributed by atoms with Gasteiger partial charge in [0.15, 0.2) is 0 Å². The van der Waals surface area contributed by atoms with Crippen molar-refractivity contribution in [2.24, 2.45) is 0 Å². The number of morpholine rings is 1. The normalized spacial score (nSPS) is 51.3. The van der Waals surface area contributed by atoms with Crippen LogP contribution in [0.1, 0.15) is 13.3 Å². The first-order chi connectivity index (χ1) is 6.25. The van der Waals surface area contributed by atoms with Crippen molar-refractivity contribution >= 4 is 5.91 Å². The Morgan fingerprint density at radius 2 is 2.38 bits per heavy atom. The molecule has 0 aromatic carbocycles. The van der Waals surface area contributed by atoms with Crippen molar-refractivity contribution in [3.8, 4) is 0 Å². The van der Waals surface area contributed by atoms with Gasteiger partial charge in [-0.3, -0.25) is 4.79 Å². The van der Waals surface area contributed by atoms with Crippen molar-refractivity contribution < 1.29 is 14.4 Å². The van der Waals surface area contributed by atoms with Gasteiger partial charge in [0.2, 0.25) is 5.91 Å². The molecule has 5 atom stereocenters. The summed E-state index contributed by atoms with van der Waals surface area (Å²) >= 11 is 0. The summed E-state index contributed by atoms with van der Waals surface area (Å²) < 4.78 is 5.83. The van der Waals surface area contributed by atoms with Crippen LogP contribution in [0, 0.1) is 0 Å². The molecule has 2 N–H and O–H groups in total. The lowest BCUT2D eigenvalue weighted by atomic mass is 10.1. The molecule has 13 heavy (non-hydrogen) atoms. The molecule has 1 amide bonds. The second kappa shape index (κ2) is 2.45. The molecule has 4 nitrogen and oxygen atoms in total. The molecule has 5 unspecified atom stereocenters. The van der Waals surface area contributed by atoms with Crippen molar-refractivity contribution in [2.75, 3.05) is 13.1 Å². The first-order valence-electron chi connectivity index (χ1n) is 5.03. The standard InChI is InChI=1S/C9H14N2O2/c1-5(12)10-8-7-4-11-3-2-6(13-7)9(8)11/h6-9H,2-4H2,1H3,(H,10,12)/p+1. The molecule has 3 saturated heterocycles. The van der Waals surface area contributed by atoms with Gasteiger partial charge in [-0.25, -0.2) is 0 Å². The molecule has 3 fully saturated rings. The number of rotatable bonds is 1. The fourth-order valence-corrected chi connectivity index (χ4v) is 3.20. The molecular formula is C9H15N2O2+. The summed E-state index contributed by atoms with van der Waals surface area (Å²) in [5.41, 5.74) is 0. The predicted molar refractivity (Wildman–Crippen MR) is 45.4 cm³/mol. The lowest BCUT2D eigenvalue weighted by Crippen LogP contribution is -3.13. The molecule has 3 aliphatic rings. The van der Waals surface area contributed by atoms with Gasteiger partial charge in [0.25, 0.3) is 0 Å². The second-order valence-corrected chi connectivity index (χ2v) is 4.37. The maximum Gasteiger partial charge on any atom is 0.217 e. The minimum Gasteiger partial charge on any atom is -0.360 e. The van der Waals surface area contributed by atoms with E-state index in [4.69, 9.17) is 4.74 Å². The molecule has 0 aromatic heterocycles. The van der Waals surface area contributed by atoms with E-state index in [9.17, 15) is 4.79 Å². The highest BCUT2D eigenvalue weighted by atomic mass is 16.5. The first-order valence-corrected chi connectivity index (χ1v) is 5.03. The van der Waals surface area contributed by atoms with E-state index in [2.05, 4.69) is 5.32 Å². The van der Waals surface area contributed by atoms with Crippen LogP contribution in [0.15, 0.2) is 0 Å². The van der Waals surface area contributed by atoms with Crippen molar-refractivity contribution in [1.29, 1.82) is 0 Å². The average molecular weight is 183 g/mol. The number of amides is 1. The molecule has 0 radical (unpaired) electrons. The van der Waals surface area contributed by atoms with Gasteiger partial charge in [-0.05, 0) is 0 Å². The lowest BCUT2D eigenvalue weighted by molar-refractivity contribution is -0.907. The van der Waals surface area contributed by atoms with Crippen LogP contribution >= 0.6 is 0 Å². The third-order valence-electron chi connectivity index (χ3n) is 3.59. The Hall–Kier alpha value is -0.610. The number of carbonyl (C=O) groups is 1. The highest BCUT2D eigenvalue weighted by molar-refractivity contribution is 5.73. The van der Waals surface area contributed by atoms with Gasteiger partial charge in [0.05, 0.1) is 6.54 Å². The van der Waals surface area contributed by atoms with Gasteiger partial charge in [0, 0.05) is 13.3 Å². The zero-order chi connectivity index (χ0) is 9.00. The van der Waals surface area contributed by atoms with Crippen LogP contribution in [0.5, 0.6) is 0 Å². The topological polar surface area (TPSA) is 42.8 Å². The molecule has 3 aliphatic heterocycles. The third-order valence-corrected chi connectivity index (χ3v) is 3.59. The quantitative estimate of drug-likeness (QED) is 0.490. The lowest BCUT2D eigenvalue weighted by Gasteiger charge is -2.18. The molecule has 4 heteroatoms. The van der Waals surface area contributed by atoms with Gasteiger partial charge < -0.3 is 15.0 Å². The maximum absolute atomic E-state index is 11.0. The van der Waals surface area contributed by atoms with E-state index in [-0.39, 0.29) is 12.0 Å². The Morgan fingerprint density at radius 3 is 3.08 bits per heavy atom. The van der Waals surface area contributed by atoms with Crippen LogP contribution < -0.4 is 10.2 Å². The van der Waals surface area contributed by atoms with Gasteiger partial charge >= 0.3 is 0 Å². The van der Waals surface area contributed by atoms with E-state index in [0.717, 1.165) is 6.54 Å². The largest absolute Gasteiger partial charge is 0.360 e. The molecule has 0 aromatic rings.